The highest BCUT2D eigenvalue weighted by Crippen LogP contribution is 2.39. The lowest BCUT2D eigenvalue weighted by Gasteiger charge is -2.30. The zero-order valence-corrected chi connectivity index (χ0v) is 20.2. The van der Waals surface area contributed by atoms with Gasteiger partial charge in [-0.1, -0.05) is 13.8 Å². The lowest BCUT2D eigenvalue weighted by Crippen LogP contribution is -2.33. The Bertz CT molecular complexity index is 1450. The molecule has 3 aromatic rings. The largest absolute Gasteiger partial charge is 0.481 e. The molecule has 0 bridgehead atoms. The number of rotatable bonds is 4. The number of nitrogens with one attached hydrogen (secondary N) is 1. The first kappa shape index (κ1) is 25.4. The third kappa shape index (κ3) is 5.11. The standard InChI is InChI=1S/C21H22F3N7O4S/c1-20(2)10-31-18(35-11-20)14(9-28-31)36(25,33)30-19(32)29-16-13(5-7-27-17(16)21(22,23)24)12-4-6-26-15(8-12)34-3/h4-9H,10-11H2,1-3H3,(H3,25,29,30,32,33)/t36-/m0/s1. The van der Waals surface area contributed by atoms with Crippen LogP contribution in [0.1, 0.15) is 19.5 Å². The molecule has 0 unspecified atom stereocenters. The maximum atomic E-state index is 13.8. The predicted molar refractivity (Wildman–Crippen MR) is 123 cm³/mol. The molecule has 1 atom stereocenters. The molecule has 0 saturated carbocycles. The van der Waals surface area contributed by atoms with Crippen molar-refractivity contribution < 1.29 is 31.6 Å². The van der Waals surface area contributed by atoms with Crippen LogP contribution in [-0.2, 0) is 22.6 Å². The van der Waals surface area contributed by atoms with Gasteiger partial charge in [-0.15, -0.1) is 4.36 Å². The van der Waals surface area contributed by atoms with E-state index >= 15 is 0 Å². The van der Waals surface area contributed by atoms with Crippen LogP contribution >= 0.6 is 0 Å². The van der Waals surface area contributed by atoms with Crippen LogP contribution in [0.4, 0.5) is 23.7 Å². The fraction of sp³-hybridized carbons (Fsp3) is 0.333. The summed E-state index contributed by atoms with van der Waals surface area (Å²) in [5.41, 5.74) is -2.12. The zero-order valence-electron chi connectivity index (χ0n) is 19.4. The number of fused-ring (bicyclic) bond motifs is 1. The topological polar surface area (TPSA) is 147 Å². The van der Waals surface area contributed by atoms with E-state index in [2.05, 4.69) is 24.7 Å². The van der Waals surface area contributed by atoms with E-state index in [1.165, 1.54) is 36.2 Å². The van der Waals surface area contributed by atoms with Crippen LogP contribution in [-0.4, -0.2) is 43.7 Å². The van der Waals surface area contributed by atoms with Gasteiger partial charge in [0.2, 0.25) is 11.8 Å². The van der Waals surface area contributed by atoms with E-state index in [0.29, 0.717) is 6.54 Å². The molecule has 3 aromatic heterocycles. The number of ether oxygens (including phenoxy) is 2. The highest BCUT2D eigenvalue weighted by atomic mass is 32.2. The molecule has 3 N–H and O–H groups in total. The SMILES string of the molecule is COc1cc(-c2ccnc(C(F)(F)F)c2NC(=O)N=[S@](N)(=O)c2cnn3c2OCC(C)(C)C3)ccn1. The molecule has 0 radical (unpaired) electrons. The zero-order chi connectivity index (χ0) is 26.3. The maximum Gasteiger partial charge on any atom is 0.435 e. The molecule has 4 rings (SSSR count). The summed E-state index contributed by atoms with van der Waals surface area (Å²) in [6.45, 7) is 4.60. The van der Waals surface area contributed by atoms with E-state index in [4.69, 9.17) is 14.6 Å². The van der Waals surface area contributed by atoms with Crippen molar-refractivity contribution in [1.29, 1.82) is 0 Å². The summed E-state index contributed by atoms with van der Waals surface area (Å²) in [7, 11) is -2.58. The van der Waals surface area contributed by atoms with Crippen molar-refractivity contribution in [3.05, 3.63) is 42.5 Å². The second kappa shape index (κ2) is 9.05. The first-order valence-electron chi connectivity index (χ1n) is 10.4. The van der Waals surface area contributed by atoms with Crippen molar-refractivity contribution in [2.75, 3.05) is 19.0 Å². The van der Waals surface area contributed by atoms with Gasteiger partial charge in [-0.25, -0.2) is 28.8 Å². The van der Waals surface area contributed by atoms with Gasteiger partial charge in [-0.3, -0.25) is 0 Å². The van der Waals surface area contributed by atoms with Gasteiger partial charge in [0.05, 0.1) is 32.1 Å². The lowest BCUT2D eigenvalue weighted by molar-refractivity contribution is -0.140. The molecule has 0 aromatic carbocycles. The Labute approximate surface area is 204 Å². The first-order chi connectivity index (χ1) is 16.8. The van der Waals surface area contributed by atoms with Gasteiger partial charge in [0, 0.05) is 29.4 Å². The van der Waals surface area contributed by atoms with Gasteiger partial charge in [-0.05, 0) is 17.7 Å². The summed E-state index contributed by atoms with van der Waals surface area (Å²) >= 11 is 0. The van der Waals surface area contributed by atoms with Gasteiger partial charge in [0.15, 0.2) is 15.6 Å². The number of carbonyl (C=O) groups is 1. The quantitative estimate of drug-likeness (QED) is 0.528. The van der Waals surface area contributed by atoms with Crippen molar-refractivity contribution in [1.82, 2.24) is 19.7 Å². The molecule has 2 amide bonds. The fourth-order valence-corrected chi connectivity index (χ4v) is 4.57. The van der Waals surface area contributed by atoms with Crippen molar-refractivity contribution in [2.45, 2.75) is 31.5 Å². The molecule has 0 saturated heterocycles. The summed E-state index contributed by atoms with van der Waals surface area (Å²) in [4.78, 5) is 19.9. The second-order valence-electron chi connectivity index (χ2n) is 8.68. The van der Waals surface area contributed by atoms with E-state index in [1.54, 1.807) is 0 Å². The minimum atomic E-state index is -4.92. The molecule has 0 spiro atoms. The number of anilines is 1. The summed E-state index contributed by atoms with van der Waals surface area (Å²) in [5.74, 6) is 0.222. The molecule has 15 heteroatoms. The Morgan fingerprint density at radius 3 is 2.72 bits per heavy atom. The molecule has 1 aliphatic heterocycles. The molecular formula is C21H22F3N7O4S. The summed E-state index contributed by atoms with van der Waals surface area (Å²) < 4.78 is 70.0. The Hall–Kier alpha value is -3.72. The van der Waals surface area contributed by atoms with Crippen molar-refractivity contribution in [3.63, 3.8) is 0 Å². The minimum absolute atomic E-state index is 0.0430. The third-order valence-corrected chi connectivity index (χ3v) is 6.52. The Morgan fingerprint density at radius 2 is 2.03 bits per heavy atom. The summed E-state index contributed by atoms with van der Waals surface area (Å²) in [6.07, 6.45) is -1.49. The monoisotopic (exact) mass is 525 g/mol. The first-order valence-corrected chi connectivity index (χ1v) is 12.0. The average Bonchev–Trinajstić information content (AvgIpc) is 3.21. The van der Waals surface area contributed by atoms with Gasteiger partial charge in [-0.2, -0.15) is 18.3 Å². The van der Waals surface area contributed by atoms with Crippen molar-refractivity contribution >= 4 is 21.6 Å². The van der Waals surface area contributed by atoms with Crippen molar-refractivity contribution in [2.24, 2.45) is 14.9 Å². The predicted octanol–water partition coefficient (Wildman–Crippen LogP) is 3.72. The molecule has 0 fully saturated rings. The number of amides is 2. The molecule has 192 valence electrons. The number of aromatic nitrogens is 4. The van der Waals surface area contributed by atoms with Gasteiger partial charge < -0.3 is 14.8 Å². The van der Waals surface area contributed by atoms with E-state index in [1.807, 2.05) is 13.8 Å². The van der Waals surface area contributed by atoms with Crippen LogP contribution in [0.2, 0.25) is 0 Å². The number of alkyl halides is 3. The van der Waals surface area contributed by atoms with Gasteiger partial charge in [0.1, 0.15) is 4.90 Å². The molecule has 1 aliphatic rings. The number of pyridine rings is 2. The second-order valence-corrected chi connectivity index (χ2v) is 10.4. The number of nitrogens with zero attached hydrogens (tertiary/aromatic N) is 5. The third-order valence-electron chi connectivity index (χ3n) is 5.18. The smallest absolute Gasteiger partial charge is 0.435 e. The number of nitrogens with two attached hydrogens (primary N) is 1. The highest BCUT2D eigenvalue weighted by molar-refractivity contribution is 7.91. The molecule has 36 heavy (non-hydrogen) atoms. The molecule has 11 nitrogen and oxygen atoms in total. The van der Waals surface area contributed by atoms with E-state index in [0.717, 1.165) is 12.4 Å². The number of hydrogen-bond donors (Lipinski definition) is 2. The normalized spacial score (nSPS) is 16.3. The summed E-state index contributed by atoms with van der Waals surface area (Å²) in [6, 6.07) is 2.70. The average molecular weight is 526 g/mol. The lowest BCUT2D eigenvalue weighted by atomic mass is 9.94. The minimum Gasteiger partial charge on any atom is -0.481 e. The number of urea groups is 1. The van der Waals surface area contributed by atoms with E-state index in [-0.39, 0.29) is 39.8 Å². The Kier molecular flexibility index (Phi) is 6.38. The number of methoxy groups -OCH3 is 1. The molecule has 0 aliphatic carbocycles. The number of carbonyl (C=O) groups excluding carboxylic acids is 1. The van der Waals surface area contributed by atoms with Crippen molar-refractivity contribution in [3.8, 4) is 22.9 Å². The van der Waals surface area contributed by atoms with Crippen LogP contribution in [0, 0.1) is 5.41 Å². The molecule has 4 heterocycles. The van der Waals surface area contributed by atoms with Gasteiger partial charge >= 0.3 is 12.2 Å². The van der Waals surface area contributed by atoms with Crippen LogP contribution in [0.25, 0.3) is 11.1 Å². The van der Waals surface area contributed by atoms with Crippen LogP contribution in [0.15, 0.2) is 46.0 Å². The van der Waals surface area contributed by atoms with E-state index in [9.17, 15) is 22.2 Å². The Morgan fingerprint density at radius 1 is 1.31 bits per heavy atom. The Balaban J connectivity index is 1.74. The fourth-order valence-electron chi connectivity index (χ4n) is 3.57. The number of hydrogen-bond acceptors (Lipinski definition) is 7. The van der Waals surface area contributed by atoms with Crippen LogP contribution in [0.3, 0.4) is 0 Å². The number of halogens is 3. The molecular weight excluding hydrogens is 503 g/mol. The van der Waals surface area contributed by atoms with Gasteiger partial charge in [0.25, 0.3) is 0 Å². The van der Waals surface area contributed by atoms with E-state index < -0.39 is 33.5 Å². The van der Waals surface area contributed by atoms with Crippen LogP contribution < -0.4 is 19.9 Å². The summed E-state index contributed by atoms with van der Waals surface area (Å²) in [5, 5.41) is 12.0. The maximum absolute atomic E-state index is 13.8. The highest BCUT2D eigenvalue weighted by Gasteiger charge is 2.37. The van der Waals surface area contributed by atoms with Crippen LogP contribution in [0.5, 0.6) is 11.8 Å².